The van der Waals surface area contributed by atoms with Gasteiger partial charge in [0.1, 0.15) is 18.4 Å². The van der Waals surface area contributed by atoms with Crippen LogP contribution in [-0.4, -0.2) is 40.0 Å². The number of rotatable bonds is 8. The van der Waals surface area contributed by atoms with Crippen LogP contribution < -0.4 is 4.74 Å². The number of carbonyl (C=O) groups excluding carboxylic acids is 1. The summed E-state index contributed by atoms with van der Waals surface area (Å²) in [5.41, 5.74) is 2.73. The Balaban J connectivity index is 1.43. The van der Waals surface area contributed by atoms with Crippen molar-refractivity contribution in [1.29, 1.82) is 0 Å². The molecule has 2 atom stereocenters. The maximum atomic E-state index is 13.8. The molecule has 1 saturated carbocycles. The van der Waals surface area contributed by atoms with Crippen molar-refractivity contribution in [2.24, 2.45) is 0 Å². The van der Waals surface area contributed by atoms with Gasteiger partial charge in [-0.1, -0.05) is 78.3 Å². The second-order valence-electron chi connectivity index (χ2n) is 9.63. The lowest BCUT2D eigenvalue weighted by Crippen LogP contribution is -2.51. The number of alkyl halides is 2. The fraction of sp³-hybridized carbons (Fsp3) is 0.310. The van der Waals surface area contributed by atoms with E-state index in [-0.39, 0.29) is 19.6 Å². The summed E-state index contributed by atoms with van der Waals surface area (Å²) >= 11 is 6.45. The van der Waals surface area contributed by atoms with E-state index in [0.29, 0.717) is 27.5 Å². The molecule has 1 N–H and O–H groups in total. The average Bonchev–Trinajstić information content (AvgIpc) is 2.90. The first-order valence-corrected chi connectivity index (χ1v) is 12.7. The molecule has 2 aliphatic rings. The number of benzene rings is 3. The van der Waals surface area contributed by atoms with Gasteiger partial charge in [-0.2, -0.15) is 0 Å². The van der Waals surface area contributed by atoms with E-state index in [1.54, 1.807) is 42.5 Å². The van der Waals surface area contributed by atoms with Gasteiger partial charge >= 0.3 is 5.97 Å². The van der Waals surface area contributed by atoms with E-state index in [0.717, 1.165) is 5.56 Å². The van der Waals surface area contributed by atoms with Crippen molar-refractivity contribution in [2.75, 3.05) is 0 Å². The van der Waals surface area contributed by atoms with Gasteiger partial charge in [0.05, 0.1) is 11.1 Å². The van der Waals surface area contributed by atoms with Crippen molar-refractivity contribution in [1.82, 2.24) is 4.90 Å². The van der Waals surface area contributed by atoms with Gasteiger partial charge in [0.25, 0.3) is 11.8 Å². The minimum absolute atomic E-state index is 0.0164. The molecule has 1 fully saturated rings. The predicted octanol–water partition coefficient (Wildman–Crippen LogP) is 5.81. The van der Waals surface area contributed by atoms with E-state index in [4.69, 9.17) is 21.1 Å². The van der Waals surface area contributed by atoms with Crippen LogP contribution in [0.1, 0.15) is 41.2 Å². The number of aliphatic carboxylic acids is 1. The summed E-state index contributed by atoms with van der Waals surface area (Å²) in [5, 5.41) is 10.5. The molecule has 0 aromatic heterocycles. The molecule has 1 aliphatic carbocycles. The molecule has 1 amide bonds. The van der Waals surface area contributed by atoms with Gasteiger partial charge in [-0.25, -0.2) is 13.6 Å². The largest absolute Gasteiger partial charge is 0.487 e. The fourth-order valence-electron chi connectivity index (χ4n) is 4.90. The van der Waals surface area contributed by atoms with Crippen molar-refractivity contribution in [3.8, 4) is 5.75 Å². The van der Waals surface area contributed by atoms with Crippen LogP contribution in [0.15, 0.2) is 72.8 Å². The van der Waals surface area contributed by atoms with E-state index in [1.807, 2.05) is 30.3 Å². The second-order valence-corrected chi connectivity index (χ2v) is 10.0. The van der Waals surface area contributed by atoms with Gasteiger partial charge in [-0.05, 0) is 22.8 Å². The van der Waals surface area contributed by atoms with Crippen LogP contribution in [-0.2, 0) is 33.9 Å². The standard InChI is InChI=1S/C29H26ClF2NO5/c30-23-12-11-20-16-33(24(28(35)36)13-22(20)26(23)37-17-18-7-3-1-4-8-18)27(34)25(19-9-5-2-6-10-19)38-21-14-29(31,32)15-21/h1-12,21,24-25H,13-17H2,(H,35,36)/t24?,25-/m0/s1. The van der Waals surface area contributed by atoms with Crippen molar-refractivity contribution >= 4 is 23.5 Å². The number of halogens is 3. The summed E-state index contributed by atoms with van der Waals surface area (Å²) in [6.07, 6.45) is -2.98. The zero-order valence-corrected chi connectivity index (χ0v) is 21.1. The van der Waals surface area contributed by atoms with Crippen molar-refractivity contribution in [3.63, 3.8) is 0 Å². The van der Waals surface area contributed by atoms with Crippen molar-refractivity contribution in [2.45, 2.75) is 56.6 Å². The van der Waals surface area contributed by atoms with Crippen molar-refractivity contribution in [3.05, 3.63) is 100 Å². The van der Waals surface area contributed by atoms with Gasteiger partial charge in [-0.3, -0.25) is 4.79 Å². The molecule has 0 bridgehead atoms. The first-order valence-electron chi connectivity index (χ1n) is 12.3. The van der Waals surface area contributed by atoms with Crippen LogP contribution >= 0.6 is 11.6 Å². The molecule has 1 unspecified atom stereocenters. The van der Waals surface area contributed by atoms with Crippen LogP contribution in [0.2, 0.25) is 5.02 Å². The summed E-state index contributed by atoms with van der Waals surface area (Å²) in [7, 11) is 0. The van der Waals surface area contributed by atoms with Crippen LogP contribution in [0.3, 0.4) is 0 Å². The van der Waals surface area contributed by atoms with Gasteiger partial charge in [0.2, 0.25) is 0 Å². The quantitative estimate of drug-likeness (QED) is 0.389. The molecule has 198 valence electrons. The predicted molar refractivity (Wildman–Crippen MR) is 136 cm³/mol. The normalized spacial score (nSPS) is 19.2. The van der Waals surface area contributed by atoms with E-state index < -0.39 is 48.9 Å². The van der Waals surface area contributed by atoms with Crippen LogP contribution in [0, 0.1) is 0 Å². The molecule has 9 heteroatoms. The molecular formula is C29H26ClF2NO5. The third-order valence-corrected chi connectivity index (χ3v) is 7.22. The number of hydrogen-bond acceptors (Lipinski definition) is 4. The Morgan fingerprint density at radius 3 is 2.32 bits per heavy atom. The number of amides is 1. The molecule has 6 nitrogen and oxygen atoms in total. The number of carboxylic acids is 1. The topological polar surface area (TPSA) is 76.1 Å². The lowest BCUT2D eigenvalue weighted by molar-refractivity contribution is -0.193. The minimum Gasteiger partial charge on any atom is -0.487 e. The average molecular weight is 542 g/mol. The molecule has 3 aromatic carbocycles. The highest BCUT2D eigenvalue weighted by molar-refractivity contribution is 6.32. The van der Waals surface area contributed by atoms with E-state index in [1.165, 1.54) is 4.90 Å². The molecule has 1 heterocycles. The Morgan fingerprint density at radius 2 is 1.68 bits per heavy atom. The van der Waals surface area contributed by atoms with E-state index in [2.05, 4.69) is 0 Å². The number of nitrogens with zero attached hydrogens (tertiary/aromatic N) is 1. The Hall–Kier alpha value is -3.49. The zero-order valence-electron chi connectivity index (χ0n) is 20.4. The molecule has 38 heavy (non-hydrogen) atoms. The Morgan fingerprint density at radius 1 is 1.03 bits per heavy atom. The zero-order chi connectivity index (χ0) is 26.9. The number of ether oxygens (including phenoxy) is 2. The Labute approximate surface area is 223 Å². The van der Waals surface area contributed by atoms with Gasteiger partial charge < -0.3 is 19.5 Å². The number of carboxylic acid groups (broad SMARTS) is 1. The molecular weight excluding hydrogens is 516 g/mol. The summed E-state index contributed by atoms with van der Waals surface area (Å²) in [6.45, 7) is 0.227. The monoisotopic (exact) mass is 541 g/mol. The second kappa shape index (κ2) is 10.7. The van der Waals surface area contributed by atoms with E-state index in [9.17, 15) is 23.5 Å². The summed E-state index contributed by atoms with van der Waals surface area (Å²) in [5.74, 6) is -4.22. The van der Waals surface area contributed by atoms with Gasteiger partial charge in [0, 0.05) is 31.4 Å². The third kappa shape index (κ3) is 5.51. The first kappa shape index (κ1) is 26.1. The highest BCUT2D eigenvalue weighted by atomic mass is 35.5. The van der Waals surface area contributed by atoms with Crippen molar-refractivity contribution < 1.29 is 33.0 Å². The van der Waals surface area contributed by atoms with Crippen LogP contribution in [0.5, 0.6) is 5.75 Å². The van der Waals surface area contributed by atoms with Gasteiger partial charge in [-0.15, -0.1) is 0 Å². The number of carbonyl (C=O) groups is 2. The number of hydrogen-bond donors (Lipinski definition) is 1. The smallest absolute Gasteiger partial charge is 0.326 e. The Kier molecular flexibility index (Phi) is 7.36. The lowest BCUT2D eigenvalue weighted by atomic mass is 9.90. The molecule has 0 saturated heterocycles. The number of fused-ring (bicyclic) bond motifs is 1. The van der Waals surface area contributed by atoms with Crippen LogP contribution in [0.4, 0.5) is 8.78 Å². The molecule has 0 spiro atoms. The lowest BCUT2D eigenvalue weighted by Gasteiger charge is -2.40. The van der Waals surface area contributed by atoms with Crippen LogP contribution in [0.25, 0.3) is 0 Å². The highest BCUT2D eigenvalue weighted by Crippen LogP contribution is 2.43. The summed E-state index contributed by atoms with van der Waals surface area (Å²) in [6, 6.07) is 20.2. The third-order valence-electron chi connectivity index (χ3n) is 6.93. The summed E-state index contributed by atoms with van der Waals surface area (Å²) < 4.78 is 38.9. The highest BCUT2D eigenvalue weighted by Gasteiger charge is 2.49. The molecule has 0 radical (unpaired) electrons. The first-order chi connectivity index (χ1) is 18.2. The maximum Gasteiger partial charge on any atom is 0.326 e. The fourth-order valence-corrected chi connectivity index (χ4v) is 5.13. The molecule has 1 aliphatic heterocycles. The molecule has 3 aromatic rings. The van der Waals surface area contributed by atoms with Gasteiger partial charge in [0.15, 0.2) is 6.10 Å². The maximum absolute atomic E-state index is 13.8. The Bertz CT molecular complexity index is 1310. The molecule has 5 rings (SSSR count). The van der Waals surface area contributed by atoms with E-state index >= 15 is 0 Å². The minimum atomic E-state index is -2.82. The SMILES string of the molecule is O=C(O)C1Cc2c(ccc(Cl)c2OCc2ccccc2)CN1C(=O)[C@@H](OC1CC(F)(F)C1)c1ccccc1. The summed E-state index contributed by atoms with van der Waals surface area (Å²) in [4.78, 5) is 27.4.